The summed E-state index contributed by atoms with van der Waals surface area (Å²) >= 11 is 5.95. The van der Waals surface area contributed by atoms with Crippen LogP contribution in [-0.2, 0) is 12.7 Å². The van der Waals surface area contributed by atoms with Crippen LogP contribution in [0.1, 0.15) is 24.0 Å². The first-order valence-corrected chi connectivity index (χ1v) is 6.50. The van der Waals surface area contributed by atoms with E-state index in [4.69, 9.17) is 11.6 Å². The third-order valence-corrected chi connectivity index (χ3v) is 3.69. The molecule has 1 heterocycles. The Morgan fingerprint density at radius 1 is 1.26 bits per heavy atom. The minimum absolute atomic E-state index is 0.298. The summed E-state index contributed by atoms with van der Waals surface area (Å²) in [5, 5.41) is 9.74. The third kappa shape index (κ3) is 3.84. The van der Waals surface area contributed by atoms with Crippen LogP contribution in [0, 0.1) is 0 Å². The normalized spacial score (nSPS) is 18.8. The molecule has 0 amide bonds. The molecule has 0 aromatic heterocycles. The molecule has 1 aromatic rings. The highest BCUT2D eigenvalue weighted by atomic mass is 35.5. The molecular formula is C13H15ClF3NO. The average molecular weight is 294 g/mol. The maximum Gasteiger partial charge on any atom is 0.416 e. The molecule has 1 N–H and O–H groups in total. The Labute approximate surface area is 114 Å². The largest absolute Gasteiger partial charge is 0.416 e. The average Bonchev–Trinajstić information content (AvgIpc) is 2.33. The smallest absolute Gasteiger partial charge is 0.393 e. The van der Waals surface area contributed by atoms with Crippen molar-refractivity contribution < 1.29 is 18.3 Å². The van der Waals surface area contributed by atoms with Gasteiger partial charge in [0.15, 0.2) is 0 Å². The van der Waals surface area contributed by atoms with Gasteiger partial charge in [0.05, 0.1) is 11.7 Å². The second kappa shape index (κ2) is 5.69. The van der Waals surface area contributed by atoms with E-state index in [1.54, 1.807) is 0 Å². The summed E-state index contributed by atoms with van der Waals surface area (Å²) in [6.07, 6.45) is -3.35. The zero-order valence-corrected chi connectivity index (χ0v) is 11.0. The topological polar surface area (TPSA) is 23.5 Å². The van der Waals surface area contributed by atoms with Crippen LogP contribution in [0.3, 0.4) is 0 Å². The Bertz CT molecular complexity index is 442. The summed E-state index contributed by atoms with van der Waals surface area (Å²) in [6, 6.07) is 3.39. The van der Waals surface area contributed by atoms with Gasteiger partial charge in [0, 0.05) is 24.7 Å². The second-order valence-corrected chi connectivity index (χ2v) is 5.22. The van der Waals surface area contributed by atoms with Crippen LogP contribution in [0.15, 0.2) is 18.2 Å². The lowest BCUT2D eigenvalue weighted by Crippen LogP contribution is -2.35. The van der Waals surface area contributed by atoms with Gasteiger partial charge in [-0.05, 0) is 36.6 Å². The van der Waals surface area contributed by atoms with Gasteiger partial charge >= 0.3 is 6.18 Å². The van der Waals surface area contributed by atoms with Crippen LogP contribution >= 0.6 is 11.6 Å². The number of hydrogen-bond donors (Lipinski definition) is 1. The van der Waals surface area contributed by atoms with Crippen molar-refractivity contribution in [3.05, 3.63) is 34.3 Å². The molecule has 1 aromatic carbocycles. The van der Waals surface area contributed by atoms with Gasteiger partial charge in [-0.3, -0.25) is 4.90 Å². The van der Waals surface area contributed by atoms with Crippen molar-refractivity contribution in [2.45, 2.75) is 31.7 Å². The fourth-order valence-corrected chi connectivity index (χ4v) is 2.37. The lowest BCUT2D eigenvalue weighted by Gasteiger charge is -2.29. The quantitative estimate of drug-likeness (QED) is 0.904. The van der Waals surface area contributed by atoms with Gasteiger partial charge < -0.3 is 5.11 Å². The molecule has 0 bridgehead atoms. The molecule has 1 aliphatic rings. The van der Waals surface area contributed by atoms with Gasteiger partial charge in [0.2, 0.25) is 0 Å². The molecule has 1 fully saturated rings. The van der Waals surface area contributed by atoms with Gasteiger partial charge in [-0.2, -0.15) is 13.2 Å². The number of hydrogen-bond acceptors (Lipinski definition) is 2. The predicted molar refractivity (Wildman–Crippen MR) is 67.0 cm³/mol. The number of halogens is 4. The van der Waals surface area contributed by atoms with E-state index in [2.05, 4.69) is 0 Å². The fraction of sp³-hybridized carbons (Fsp3) is 0.538. The monoisotopic (exact) mass is 293 g/mol. The zero-order valence-electron chi connectivity index (χ0n) is 10.3. The number of rotatable bonds is 2. The Kier molecular flexibility index (Phi) is 4.38. The van der Waals surface area contributed by atoms with Crippen LogP contribution < -0.4 is 0 Å². The highest BCUT2D eigenvalue weighted by Crippen LogP contribution is 2.32. The van der Waals surface area contributed by atoms with E-state index in [0.717, 1.165) is 12.1 Å². The number of alkyl halides is 3. The standard InChI is InChI=1S/C13H15ClF3NO/c14-12-2-1-10(13(15,16)17)7-9(12)8-18-5-3-11(19)4-6-18/h1-2,7,11,19H,3-6,8H2. The first-order valence-electron chi connectivity index (χ1n) is 6.12. The summed E-state index contributed by atoms with van der Waals surface area (Å²) in [5.41, 5.74) is -0.197. The second-order valence-electron chi connectivity index (χ2n) is 4.81. The first kappa shape index (κ1) is 14.6. The van der Waals surface area contributed by atoms with Gasteiger partial charge in [-0.25, -0.2) is 0 Å². The SMILES string of the molecule is OC1CCN(Cc2cc(C(F)(F)F)ccc2Cl)CC1. The predicted octanol–water partition coefficient (Wildman–Crippen LogP) is 3.32. The van der Waals surface area contributed by atoms with Crippen molar-refractivity contribution in [1.82, 2.24) is 4.90 Å². The molecule has 0 saturated carbocycles. The van der Waals surface area contributed by atoms with Crippen molar-refractivity contribution in [2.24, 2.45) is 0 Å². The summed E-state index contributed by atoms with van der Waals surface area (Å²) < 4.78 is 37.9. The summed E-state index contributed by atoms with van der Waals surface area (Å²) in [6.45, 7) is 1.73. The maximum absolute atomic E-state index is 12.6. The van der Waals surface area contributed by atoms with Crippen molar-refractivity contribution in [1.29, 1.82) is 0 Å². The Morgan fingerprint density at radius 3 is 2.47 bits per heavy atom. The first-order chi connectivity index (χ1) is 8.86. The molecule has 1 aliphatic heterocycles. The lowest BCUT2D eigenvalue weighted by atomic mass is 10.1. The van der Waals surface area contributed by atoms with E-state index < -0.39 is 11.7 Å². The molecule has 2 nitrogen and oxygen atoms in total. The molecule has 0 aliphatic carbocycles. The van der Waals surface area contributed by atoms with Crippen molar-refractivity contribution in [3.63, 3.8) is 0 Å². The molecule has 6 heteroatoms. The molecule has 106 valence electrons. The van der Waals surface area contributed by atoms with Crippen LogP contribution in [0.25, 0.3) is 0 Å². The minimum atomic E-state index is -4.35. The Morgan fingerprint density at radius 2 is 1.89 bits per heavy atom. The van der Waals surface area contributed by atoms with Crippen molar-refractivity contribution in [3.8, 4) is 0 Å². The van der Waals surface area contributed by atoms with Gasteiger partial charge in [0.25, 0.3) is 0 Å². The van der Waals surface area contributed by atoms with Crippen LogP contribution in [-0.4, -0.2) is 29.2 Å². The van der Waals surface area contributed by atoms with Crippen molar-refractivity contribution in [2.75, 3.05) is 13.1 Å². The number of benzene rings is 1. The van der Waals surface area contributed by atoms with Crippen LogP contribution in [0.2, 0.25) is 5.02 Å². The molecule has 2 rings (SSSR count). The molecule has 1 saturated heterocycles. The number of nitrogens with zero attached hydrogens (tertiary/aromatic N) is 1. The molecule has 0 spiro atoms. The van der Waals surface area contributed by atoms with E-state index in [1.807, 2.05) is 4.90 Å². The lowest BCUT2D eigenvalue weighted by molar-refractivity contribution is -0.137. The Hall–Kier alpha value is -0.780. The summed E-state index contributed by atoms with van der Waals surface area (Å²) in [7, 11) is 0. The van der Waals surface area contributed by atoms with Gasteiger partial charge in [-0.15, -0.1) is 0 Å². The van der Waals surface area contributed by atoms with E-state index in [-0.39, 0.29) is 6.10 Å². The summed E-state index contributed by atoms with van der Waals surface area (Å²) in [4.78, 5) is 2.01. The van der Waals surface area contributed by atoms with E-state index in [9.17, 15) is 18.3 Å². The zero-order chi connectivity index (χ0) is 14.0. The van der Waals surface area contributed by atoms with Crippen LogP contribution in [0.5, 0.6) is 0 Å². The highest BCUT2D eigenvalue weighted by Gasteiger charge is 2.31. The highest BCUT2D eigenvalue weighted by molar-refractivity contribution is 6.31. The van der Waals surface area contributed by atoms with E-state index in [1.165, 1.54) is 6.07 Å². The maximum atomic E-state index is 12.6. The van der Waals surface area contributed by atoms with Gasteiger partial charge in [-0.1, -0.05) is 11.6 Å². The molecule has 0 atom stereocenters. The third-order valence-electron chi connectivity index (χ3n) is 3.32. The summed E-state index contributed by atoms with van der Waals surface area (Å²) in [5.74, 6) is 0. The fourth-order valence-electron chi connectivity index (χ4n) is 2.19. The Balaban J connectivity index is 2.11. The van der Waals surface area contributed by atoms with Crippen LogP contribution in [0.4, 0.5) is 13.2 Å². The molecule has 0 radical (unpaired) electrons. The molecule has 19 heavy (non-hydrogen) atoms. The van der Waals surface area contributed by atoms with E-state index in [0.29, 0.717) is 43.1 Å². The number of likely N-dealkylation sites (tertiary alicyclic amines) is 1. The van der Waals surface area contributed by atoms with Crippen molar-refractivity contribution >= 4 is 11.6 Å². The number of aliphatic hydroxyl groups is 1. The number of piperidine rings is 1. The van der Waals surface area contributed by atoms with Gasteiger partial charge in [0.1, 0.15) is 0 Å². The van der Waals surface area contributed by atoms with E-state index >= 15 is 0 Å². The number of aliphatic hydroxyl groups excluding tert-OH is 1. The molecule has 0 unspecified atom stereocenters. The minimum Gasteiger partial charge on any atom is -0.393 e. The molecular weight excluding hydrogens is 279 g/mol.